The van der Waals surface area contributed by atoms with Crippen LogP contribution < -0.4 is 0 Å². The Labute approximate surface area is 271 Å². The molecular weight excluding hydrogens is 588 g/mol. The number of aliphatic imine (C=N–C) groups is 1. The lowest BCUT2D eigenvalue weighted by Gasteiger charge is -2.66. The van der Waals surface area contributed by atoms with Gasteiger partial charge in [0.05, 0.1) is 36.1 Å². The van der Waals surface area contributed by atoms with Crippen molar-refractivity contribution in [3.8, 4) is 0 Å². The third-order valence-electron chi connectivity index (χ3n) is 13.3. The number of cyclic esters (lactones) is 1. The van der Waals surface area contributed by atoms with Gasteiger partial charge in [-0.25, -0.2) is 4.79 Å². The van der Waals surface area contributed by atoms with Gasteiger partial charge in [0.2, 0.25) is 0 Å². The van der Waals surface area contributed by atoms with Crippen LogP contribution in [0.1, 0.15) is 83.6 Å². The molecule has 0 bridgehead atoms. The second-order valence-corrected chi connectivity index (χ2v) is 15.2. The largest absolute Gasteiger partial charge is 0.458 e. The lowest BCUT2D eigenvalue weighted by molar-refractivity contribution is -0.284. The molecule has 3 N–H and O–H groups in total. The van der Waals surface area contributed by atoms with Crippen molar-refractivity contribution in [2.24, 2.45) is 33.6 Å². The van der Waals surface area contributed by atoms with E-state index in [9.17, 15) is 20.1 Å². The maximum atomic E-state index is 12.8. The molecule has 4 aliphatic carbocycles. The number of nitrogens with zero attached hydrogens (tertiary/aromatic N) is 2. The van der Waals surface area contributed by atoms with E-state index in [0.717, 1.165) is 43.2 Å². The highest BCUT2D eigenvalue weighted by Gasteiger charge is 2.71. The Morgan fingerprint density at radius 1 is 1.09 bits per heavy atom. The summed E-state index contributed by atoms with van der Waals surface area (Å²) < 4.78 is 23.4. The molecule has 7 rings (SSSR count). The lowest BCUT2D eigenvalue weighted by atomic mass is 9.41. The summed E-state index contributed by atoms with van der Waals surface area (Å²) in [6.07, 6.45) is 11.8. The molecule has 4 saturated carbocycles. The van der Waals surface area contributed by atoms with Crippen LogP contribution in [0.25, 0.3) is 0 Å². The molecule has 5 fully saturated rings. The molecule has 0 amide bonds. The van der Waals surface area contributed by atoms with Crippen LogP contribution in [0.15, 0.2) is 41.2 Å². The van der Waals surface area contributed by atoms with Crippen LogP contribution in [-0.4, -0.2) is 88.1 Å². The van der Waals surface area contributed by atoms with E-state index in [0.29, 0.717) is 45.3 Å². The fraction of sp³-hybridized carbons (Fsp3) is 0.750. The molecule has 3 heterocycles. The summed E-state index contributed by atoms with van der Waals surface area (Å²) in [4.78, 5) is 21.1. The summed E-state index contributed by atoms with van der Waals surface area (Å²) in [7, 11) is 1.60. The van der Waals surface area contributed by atoms with Gasteiger partial charge in [0.15, 0.2) is 6.29 Å². The first-order valence-corrected chi connectivity index (χ1v) is 17.3. The predicted octanol–water partition coefficient (Wildman–Crippen LogP) is 3.90. The van der Waals surface area contributed by atoms with Gasteiger partial charge in [-0.15, -0.1) is 0 Å². The Bertz CT molecular complexity index is 1360. The number of aliphatic hydroxyl groups excluding tert-OH is 1. The summed E-state index contributed by atoms with van der Waals surface area (Å²) in [5.74, 6) is -0.111. The second-order valence-electron chi connectivity index (χ2n) is 15.2. The maximum Gasteiger partial charge on any atom is 0.331 e. The van der Waals surface area contributed by atoms with Crippen molar-refractivity contribution in [1.29, 1.82) is 0 Å². The van der Waals surface area contributed by atoms with Crippen LogP contribution >= 0.6 is 0 Å². The number of aliphatic hydroxyl groups is 3. The summed E-state index contributed by atoms with van der Waals surface area (Å²) in [5.41, 5.74) is -0.871. The minimum atomic E-state index is -1.06. The van der Waals surface area contributed by atoms with E-state index in [1.807, 2.05) is 19.1 Å². The van der Waals surface area contributed by atoms with Gasteiger partial charge in [0.25, 0.3) is 0 Å². The SMILES string of the molecule is CO[C@@H]1C[C@H](O[C@@H]2CC[C@]3(C=NCc4ccncc4)[C@H]4CC[C@]5(C)[C@H](C6=CC(=O)OC6)CC[C@]5(O)[C@@H]4CC[C@]3(O)C2)O[C@@H](C)[C@@H]1O. The fourth-order valence-electron chi connectivity index (χ4n) is 10.8. The number of hydrogen-bond acceptors (Lipinski definition) is 10. The molecule has 0 radical (unpaired) electrons. The molecule has 12 atom stereocenters. The number of hydrogen-bond donors (Lipinski definition) is 3. The minimum Gasteiger partial charge on any atom is -0.458 e. The Morgan fingerprint density at radius 2 is 1.87 bits per heavy atom. The average molecular weight is 639 g/mol. The van der Waals surface area contributed by atoms with Crippen molar-refractivity contribution in [1.82, 2.24) is 4.98 Å². The van der Waals surface area contributed by atoms with Gasteiger partial charge in [0, 0.05) is 55.5 Å². The number of fused-ring (bicyclic) bond motifs is 5. The molecule has 46 heavy (non-hydrogen) atoms. The van der Waals surface area contributed by atoms with E-state index < -0.39 is 35.1 Å². The zero-order chi connectivity index (χ0) is 32.3. The highest BCUT2D eigenvalue weighted by Crippen LogP contribution is 2.70. The van der Waals surface area contributed by atoms with E-state index in [1.54, 1.807) is 25.6 Å². The third kappa shape index (κ3) is 5.10. The van der Waals surface area contributed by atoms with Gasteiger partial charge in [-0.05, 0) is 99.3 Å². The highest BCUT2D eigenvalue weighted by molar-refractivity contribution is 5.85. The van der Waals surface area contributed by atoms with Crippen molar-refractivity contribution < 1.29 is 39.1 Å². The molecular formula is C36H50N2O8. The Kier molecular flexibility index (Phi) is 8.46. The summed E-state index contributed by atoms with van der Waals surface area (Å²) >= 11 is 0. The molecule has 252 valence electrons. The average Bonchev–Trinajstić information content (AvgIpc) is 3.58. The first-order valence-electron chi connectivity index (χ1n) is 17.3. The van der Waals surface area contributed by atoms with Crippen LogP contribution in [-0.2, 0) is 30.3 Å². The van der Waals surface area contributed by atoms with Gasteiger partial charge < -0.3 is 34.3 Å². The predicted molar refractivity (Wildman–Crippen MR) is 169 cm³/mol. The standard InChI is InChI=1S/C36H50N2O8/c1-22-32(40)29(43-3)17-31(45-22)46-25-4-11-34(21-38-19-23-8-14-37-15-9-23)27-5-10-33(2)26(24-16-30(39)44-20-24)7-13-36(33,42)28(27)6-12-35(34,41)18-25/h8-9,14-16,21-22,25-29,31-32,40-42H,4-7,10-13,17-20H2,1-3H3/t22-,25+,26-,27-,28+,29+,31-,32-,33+,34-,35-,36-/m0/s1. The smallest absolute Gasteiger partial charge is 0.331 e. The number of ether oxygens (including phenoxy) is 4. The molecule has 6 aliphatic rings. The Hall–Kier alpha value is -2.21. The van der Waals surface area contributed by atoms with Crippen LogP contribution in [0.2, 0.25) is 0 Å². The summed E-state index contributed by atoms with van der Waals surface area (Å²) in [6.45, 7) is 4.87. The van der Waals surface area contributed by atoms with Crippen molar-refractivity contribution in [2.75, 3.05) is 13.7 Å². The number of methoxy groups -OCH3 is 1. The molecule has 1 saturated heterocycles. The van der Waals surface area contributed by atoms with Crippen LogP contribution in [0, 0.1) is 28.6 Å². The van der Waals surface area contributed by atoms with Crippen molar-refractivity contribution >= 4 is 12.2 Å². The third-order valence-corrected chi connectivity index (χ3v) is 13.3. The van der Waals surface area contributed by atoms with Crippen molar-refractivity contribution in [3.05, 3.63) is 41.7 Å². The van der Waals surface area contributed by atoms with Crippen LogP contribution in [0.4, 0.5) is 0 Å². The van der Waals surface area contributed by atoms with Gasteiger partial charge in [0.1, 0.15) is 12.7 Å². The molecule has 0 aromatic carbocycles. The second kappa shape index (κ2) is 12.0. The quantitative estimate of drug-likeness (QED) is 0.231. The number of carbonyl (C=O) groups is 1. The number of carbonyl (C=O) groups excluding carboxylic acids is 1. The number of esters is 1. The topological polar surface area (TPSA) is 140 Å². The molecule has 10 heteroatoms. The fourth-order valence-corrected chi connectivity index (χ4v) is 10.8. The number of rotatable bonds is 7. The van der Waals surface area contributed by atoms with Gasteiger partial charge in [-0.1, -0.05) is 6.92 Å². The van der Waals surface area contributed by atoms with E-state index in [-0.39, 0.29) is 41.3 Å². The van der Waals surface area contributed by atoms with Crippen molar-refractivity contribution in [3.63, 3.8) is 0 Å². The van der Waals surface area contributed by atoms with E-state index in [4.69, 9.17) is 23.9 Å². The number of pyridine rings is 1. The van der Waals surface area contributed by atoms with Crippen molar-refractivity contribution in [2.45, 2.75) is 127 Å². The molecule has 10 nitrogen and oxygen atoms in total. The normalized spacial score (nSPS) is 47.2. The maximum absolute atomic E-state index is 12.8. The zero-order valence-corrected chi connectivity index (χ0v) is 27.3. The monoisotopic (exact) mass is 638 g/mol. The Balaban J connectivity index is 1.17. The van der Waals surface area contributed by atoms with Gasteiger partial charge in [-0.3, -0.25) is 9.98 Å². The van der Waals surface area contributed by atoms with Gasteiger partial charge >= 0.3 is 5.97 Å². The van der Waals surface area contributed by atoms with Crippen LogP contribution in [0.5, 0.6) is 0 Å². The first-order chi connectivity index (χ1) is 22.0. The molecule has 0 unspecified atom stereocenters. The summed E-state index contributed by atoms with van der Waals surface area (Å²) in [5, 5.41) is 36.0. The molecule has 1 aromatic heterocycles. The zero-order valence-electron chi connectivity index (χ0n) is 27.3. The Morgan fingerprint density at radius 3 is 2.61 bits per heavy atom. The van der Waals surface area contributed by atoms with E-state index in [2.05, 4.69) is 18.1 Å². The molecule has 0 spiro atoms. The van der Waals surface area contributed by atoms with E-state index in [1.165, 1.54) is 0 Å². The van der Waals surface area contributed by atoms with Gasteiger partial charge in [-0.2, -0.15) is 0 Å². The molecule has 2 aliphatic heterocycles. The lowest BCUT2D eigenvalue weighted by Crippen LogP contribution is -2.69. The van der Waals surface area contributed by atoms with E-state index >= 15 is 0 Å². The summed E-state index contributed by atoms with van der Waals surface area (Å²) in [6, 6.07) is 3.93. The minimum absolute atomic E-state index is 0.00599. The molecule has 1 aromatic rings. The number of aromatic nitrogens is 1. The first kappa shape index (κ1) is 32.3. The van der Waals surface area contributed by atoms with Crippen LogP contribution in [0.3, 0.4) is 0 Å². The highest BCUT2D eigenvalue weighted by atomic mass is 16.7.